The number of carbonyl (C=O) groups excluding carboxylic acids is 1. The van der Waals surface area contributed by atoms with Gasteiger partial charge in [0.2, 0.25) is 0 Å². The molecule has 0 radical (unpaired) electrons. The summed E-state index contributed by atoms with van der Waals surface area (Å²) in [5.74, 6) is -1.96. The van der Waals surface area contributed by atoms with Gasteiger partial charge in [-0.1, -0.05) is 0 Å². The number of nitriles is 1. The minimum Gasteiger partial charge on any atom is -0.294 e. The molecule has 2 nitrogen and oxygen atoms in total. The van der Waals surface area contributed by atoms with E-state index >= 15 is 0 Å². The molecule has 78 valence electrons. The van der Waals surface area contributed by atoms with Gasteiger partial charge >= 0.3 is 0 Å². The van der Waals surface area contributed by atoms with Crippen LogP contribution in [0.3, 0.4) is 0 Å². The first-order valence-corrected chi connectivity index (χ1v) is 4.00. The Hall–Kier alpha value is -1.83. The minimum atomic E-state index is -3.11. The van der Waals surface area contributed by atoms with Gasteiger partial charge in [0.25, 0.3) is 6.43 Å². The highest BCUT2D eigenvalue weighted by Crippen LogP contribution is 2.27. The van der Waals surface area contributed by atoms with E-state index in [1.807, 2.05) is 0 Å². The maximum atomic E-state index is 13.4. The molecule has 0 spiro atoms. The van der Waals surface area contributed by atoms with Crippen molar-refractivity contribution in [2.75, 3.05) is 0 Å². The molecule has 1 aromatic rings. The highest BCUT2D eigenvalue weighted by Gasteiger charge is 2.22. The topological polar surface area (TPSA) is 40.9 Å². The Morgan fingerprint density at radius 3 is 2.47 bits per heavy atom. The van der Waals surface area contributed by atoms with Crippen LogP contribution in [-0.4, -0.2) is 5.78 Å². The fraction of sp³-hybridized carbons (Fsp3) is 0.200. The van der Waals surface area contributed by atoms with Crippen LogP contribution in [0.15, 0.2) is 12.1 Å². The Balaban J connectivity index is 3.51. The molecule has 5 heteroatoms. The largest absolute Gasteiger partial charge is 0.294 e. The van der Waals surface area contributed by atoms with Crippen molar-refractivity contribution in [2.45, 2.75) is 13.3 Å². The Labute approximate surface area is 83.9 Å². The van der Waals surface area contributed by atoms with E-state index in [0.29, 0.717) is 0 Å². The normalized spacial score (nSPS) is 10.1. The maximum Gasteiger partial charge on any atom is 0.267 e. The molecule has 0 atom stereocenters. The smallest absolute Gasteiger partial charge is 0.267 e. The van der Waals surface area contributed by atoms with E-state index in [-0.39, 0.29) is 0 Å². The molecule has 0 bridgehead atoms. The molecule has 0 N–H and O–H groups in total. The molecule has 1 aromatic carbocycles. The van der Waals surface area contributed by atoms with Crippen molar-refractivity contribution in [1.29, 1.82) is 5.26 Å². The van der Waals surface area contributed by atoms with Crippen LogP contribution in [0, 0.1) is 17.1 Å². The maximum absolute atomic E-state index is 13.4. The van der Waals surface area contributed by atoms with Gasteiger partial charge in [-0.2, -0.15) is 5.26 Å². The van der Waals surface area contributed by atoms with Crippen LogP contribution in [0.25, 0.3) is 0 Å². The average Bonchev–Trinajstić information content (AvgIpc) is 2.15. The Bertz CT molecular complexity index is 449. The van der Waals surface area contributed by atoms with Crippen molar-refractivity contribution >= 4 is 5.78 Å². The van der Waals surface area contributed by atoms with Crippen molar-refractivity contribution in [3.63, 3.8) is 0 Å². The third kappa shape index (κ3) is 1.99. The Kier molecular flexibility index (Phi) is 3.10. The predicted octanol–water partition coefficient (Wildman–Crippen LogP) is 2.84. The SMILES string of the molecule is CC(=O)c1ccc(C#N)c(C(F)F)c1F. The minimum absolute atomic E-state index is 0.427. The zero-order valence-electron chi connectivity index (χ0n) is 7.72. The first-order valence-electron chi connectivity index (χ1n) is 4.00. The van der Waals surface area contributed by atoms with Gasteiger partial charge in [0, 0.05) is 0 Å². The van der Waals surface area contributed by atoms with Gasteiger partial charge in [0.15, 0.2) is 5.78 Å². The van der Waals surface area contributed by atoms with E-state index in [4.69, 9.17) is 5.26 Å². The summed E-state index contributed by atoms with van der Waals surface area (Å²) in [6.45, 7) is 1.07. The Morgan fingerprint density at radius 1 is 1.47 bits per heavy atom. The molecule has 0 aliphatic rings. The lowest BCUT2D eigenvalue weighted by atomic mass is 10.0. The summed E-state index contributed by atoms with van der Waals surface area (Å²) in [4.78, 5) is 10.9. The van der Waals surface area contributed by atoms with E-state index < -0.39 is 34.7 Å². The van der Waals surface area contributed by atoms with Crippen LogP contribution in [0.4, 0.5) is 13.2 Å². The molecule has 0 unspecified atom stereocenters. The number of hydrogen-bond acceptors (Lipinski definition) is 2. The second-order valence-electron chi connectivity index (χ2n) is 2.86. The third-order valence-electron chi connectivity index (χ3n) is 1.90. The van der Waals surface area contributed by atoms with E-state index in [9.17, 15) is 18.0 Å². The summed E-state index contributed by atoms with van der Waals surface area (Å²) in [7, 11) is 0. The molecular weight excluding hydrogens is 207 g/mol. The monoisotopic (exact) mass is 213 g/mol. The van der Waals surface area contributed by atoms with Crippen molar-refractivity contribution < 1.29 is 18.0 Å². The average molecular weight is 213 g/mol. The number of alkyl halides is 2. The summed E-state index contributed by atoms with van der Waals surface area (Å²) in [5, 5.41) is 8.49. The molecule has 0 saturated heterocycles. The second-order valence-corrected chi connectivity index (χ2v) is 2.86. The van der Waals surface area contributed by atoms with E-state index in [2.05, 4.69) is 0 Å². The van der Waals surface area contributed by atoms with Gasteiger partial charge in [0.05, 0.1) is 22.8 Å². The first-order chi connectivity index (χ1) is 6.99. The first kappa shape index (κ1) is 11.2. The number of carbonyl (C=O) groups is 1. The third-order valence-corrected chi connectivity index (χ3v) is 1.90. The summed E-state index contributed by atoms with van der Waals surface area (Å²) in [6.07, 6.45) is -3.11. The van der Waals surface area contributed by atoms with Crippen molar-refractivity contribution in [3.8, 4) is 6.07 Å². The molecule has 0 aliphatic heterocycles. The van der Waals surface area contributed by atoms with E-state index in [0.717, 1.165) is 19.1 Å². The van der Waals surface area contributed by atoms with Crippen LogP contribution in [0.5, 0.6) is 0 Å². The molecule has 0 heterocycles. The van der Waals surface area contributed by atoms with Crippen LogP contribution < -0.4 is 0 Å². The van der Waals surface area contributed by atoms with Crippen molar-refractivity contribution in [2.24, 2.45) is 0 Å². The Morgan fingerprint density at radius 2 is 2.07 bits per heavy atom. The molecule has 0 fully saturated rings. The molecule has 0 amide bonds. The standard InChI is InChI=1S/C10H6F3NO/c1-5(15)7-3-2-6(4-14)8(9(7)11)10(12)13/h2-3,10H,1H3. The number of rotatable bonds is 2. The second kappa shape index (κ2) is 4.13. The van der Waals surface area contributed by atoms with Crippen LogP contribution in [0.1, 0.15) is 34.8 Å². The molecule has 15 heavy (non-hydrogen) atoms. The van der Waals surface area contributed by atoms with Crippen LogP contribution >= 0.6 is 0 Å². The van der Waals surface area contributed by atoms with Gasteiger partial charge in [-0.15, -0.1) is 0 Å². The number of Topliss-reactive ketones (excluding diaryl/α,β-unsaturated/α-hetero) is 1. The van der Waals surface area contributed by atoms with Gasteiger partial charge < -0.3 is 0 Å². The molecule has 0 saturated carbocycles. The zero-order valence-corrected chi connectivity index (χ0v) is 7.72. The summed E-state index contributed by atoms with van der Waals surface area (Å²) in [6, 6.07) is 3.50. The van der Waals surface area contributed by atoms with Gasteiger partial charge in [-0.3, -0.25) is 4.79 Å². The predicted molar refractivity (Wildman–Crippen MR) is 46.1 cm³/mol. The van der Waals surface area contributed by atoms with E-state index in [1.54, 1.807) is 0 Å². The van der Waals surface area contributed by atoms with Gasteiger partial charge in [-0.25, -0.2) is 13.2 Å². The highest BCUT2D eigenvalue weighted by atomic mass is 19.3. The fourth-order valence-electron chi connectivity index (χ4n) is 1.18. The summed E-state index contributed by atoms with van der Waals surface area (Å²) >= 11 is 0. The quantitative estimate of drug-likeness (QED) is 0.708. The van der Waals surface area contributed by atoms with Crippen molar-refractivity contribution in [1.82, 2.24) is 0 Å². The van der Waals surface area contributed by atoms with Crippen LogP contribution in [-0.2, 0) is 0 Å². The molecular formula is C10H6F3NO. The number of ketones is 1. The number of benzene rings is 1. The summed E-state index contributed by atoms with van der Waals surface area (Å²) in [5.41, 5.74) is -1.89. The van der Waals surface area contributed by atoms with E-state index in [1.165, 1.54) is 6.07 Å². The lowest BCUT2D eigenvalue weighted by molar-refractivity contribution is 0.101. The zero-order chi connectivity index (χ0) is 11.6. The lowest BCUT2D eigenvalue weighted by Gasteiger charge is -2.07. The molecule has 0 aliphatic carbocycles. The molecule has 1 rings (SSSR count). The van der Waals surface area contributed by atoms with Crippen LogP contribution in [0.2, 0.25) is 0 Å². The number of halogens is 3. The summed E-state index contributed by atoms with van der Waals surface area (Å²) < 4.78 is 38.2. The highest BCUT2D eigenvalue weighted by molar-refractivity contribution is 5.94. The number of nitrogens with zero attached hydrogens (tertiary/aromatic N) is 1. The van der Waals surface area contributed by atoms with Gasteiger partial charge in [0.1, 0.15) is 5.82 Å². The molecule has 0 aromatic heterocycles. The lowest BCUT2D eigenvalue weighted by Crippen LogP contribution is -2.04. The van der Waals surface area contributed by atoms with Gasteiger partial charge in [-0.05, 0) is 19.1 Å². The fourth-order valence-corrected chi connectivity index (χ4v) is 1.18. The van der Waals surface area contributed by atoms with Crippen molar-refractivity contribution in [3.05, 3.63) is 34.6 Å². The number of hydrogen-bond donors (Lipinski definition) is 0.